The summed E-state index contributed by atoms with van der Waals surface area (Å²) in [5, 5.41) is 12.9. The van der Waals surface area contributed by atoms with Crippen molar-refractivity contribution in [2.24, 2.45) is 0 Å². The molecule has 0 saturated carbocycles. The van der Waals surface area contributed by atoms with Crippen LogP contribution in [0.5, 0.6) is 5.75 Å². The number of nitrogens with zero attached hydrogens (tertiary/aromatic N) is 3. The zero-order valence-electron chi connectivity index (χ0n) is 11.6. The Kier molecular flexibility index (Phi) is 2.07. The van der Waals surface area contributed by atoms with Gasteiger partial charge in [0.05, 0.1) is 11.0 Å². The number of para-hydroxylation sites is 2. The molecule has 0 bridgehead atoms. The van der Waals surface area contributed by atoms with Gasteiger partial charge in [0.2, 0.25) is 0 Å². The lowest BCUT2D eigenvalue weighted by Crippen LogP contribution is -1.93. The number of pyridine rings is 2. The molecule has 3 heterocycles. The van der Waals surface area contributed by atoms with Gasteiger partial charge in [0, 0.05) is 17.0 Å². The Bertz CT molecular complexity index is 1190. The van der Waals surface area contributed by atoms with Gasteiger partial charge >= 0.3 is 0 Å². The van der Waals surface area contributed by atoms with Crippen molar-refractivity contribution in [1.29, 1.82) is 0 Å². The van der Waals surface area contributed by atoms with Crippen LogP contribution in [0, 0.1) is 0 Å². The van der Waals surface area contributed by atoms with E-state index in [2.05, 4.69) is 15.5 Å². The number of phenols is 1. The van der Waals surface area contributed by atoms with Gasteiger partial charge in [0.25, 0.3) is 0 Å². The fourth-order valence-corrected chi connectivity index (χ4v) is 3.16. The molecule has 0 amide bonds. The summed E-state index contributed by atoms with van der Waals surface area (Å²) in [6.07, 6.45) is 1.79. The first-order valence-electron chi connectivity index (χ1n) is 7.09. The Morgan fingerprint density at radius 1 is 0.818 bits per heavy atom. The number of phenolic OH excluding ortho intramolecular Hbond substituents is 1. The van der Waals surface area contributed by atoms with Crippen molar-refractivity contribution in [3.63, 3.8) is 0 Å². The van der Waals surface area contributed by atoms with E-state index in [9.17, 15) is 5.11 Å². The molecule has 0 atom stereocenters. The molecular weight excluding hydrogens is 274 g/mol. The highest BCUT2D eigenvalue weighted by Crippen LogP contribution is 2.32. The zero-order chi connectivity index (χ0) is 14.7. The number of hydrogen-bond donors (Lipinski definition) is 1. The summed E-state index contributed by atoms with van der Waals surface area (Å²) in [5.74, 6) is 0.240. The van der Waals surface area contributed by atoms with Gasteiger partial charge in [-0.2, -0.15) is 0 Å². The fraction of sp³-hybridized carbons (Fsp3) is 0. The van der Waals surface area contributed by atoms with Crippen LogP contribution in [0.1, 0.15) is 0 Å². The quantitative estimate of drug-likeness (QED) is 0.439. The molecule has 0 fully saturated rings. The van der Waals surface area contributed by atoms with Gasteiger partial charge < -0.3 is 5.11 Å². The summed E-state index contributed by atoms with van der Waals surface area (Å²) in [6.45, 7) is 0. The molecule has 0 radical (unpaired) electrons. The molecule has 4 heteroatoms. The minimum atomic E-state index is 0.240. The molecular formula is C18H11N3O. The van der Waals surface area contributed by atoms with Crippen LogP contribution in [0.15, 0.2) is 60.8 Å². The van der Waals surface area contributed by atoms with Gasteiger partial charge in [0.1, 0.15) is 17.0 Å². The highest BCUT2D eigenvalue weighted by molar-refractivity contribution is 6.13. The Morgan fingerprint density at radius 3 is 2.68 bits per heavy atom. The molecule has 0 spiro atoms. The van der Waals surface area contributed by atoms with Gasteiger partial charge in [0.15, 0.2) is 0 Å². The Hall–Kier alpha value is -3.14. The minimum absolute atomic E-state index is 0.240. The second-order valence-corrected chi connectivity index (χ2v) is 5.36. The molecule has 22 heavy (non-hydrogen) atoms. The number of aromatic nitrogens is 3. The fourth-order valence-electron chi connectivity index (χ4n) is 3.16. The second kappa shape index (κ2) is 3.95. The van der Waals surface area contributed by atoms with Crippen LogP contribution in [0.2, 0.25) is 0 Å². The Balaban J connectivity index is 2.23. The summed E-state index contributed by atoms with van der Waals surface area (Å²) in [7, 11) is 0. The van der Waals surface area contributed by atoms with Crippen molar-refractivity contribution in [2.75, 3.05) is 0 Å². The van der Waals surface area contributed by atoms with Crippen LogP contribution in [0.4, 0.5) is 0 Å². The molecule has 0 aliphatic heterocycles. The first-order chi connectivity index (χ1) is 10.8. The summed E-state index contributed by atoms with van der Waals surface area (Å²) < 4.78 is 2.06. The van der Waals surface area contributed by atoms with Crippen LogP contribution >= 0.6 is 0 Å². The van der Waals surface area contributed by atoms with Crippen molar-refractivity contribution in [3.8, 4) is 5.75 Å². The first-order valence-corrected chi connectivity index (χ1v) is 7.09. The normalized spacial score (nSPS) is 11.8. The molecule has 5 aromatic rings. The number of benzene rings is 2. The monoisotopic (exact) mass is 285 g/mol. The highest BCUT2D eigenvalue weighted by atomic mass is 16.3. The minimum Gasteiger partial charge on any atom is -0.508 e. The van der Waals surface area contributed by atoms with Crippen molar-refractivity contribution < 1.29 is 5.11 Å². The van der Waals surface area contributed by atoms with Gasteiger partial charge in [-0.25, -0.2) is 9.97 Å². The van der Waals surface area contributed by atoms with Crippen LogP contribution in [-0.2, 0) is 0 Å². The number of rotatable bonds is 0. The molecule has 104 valence electrons. The summed E-state index contributed by atoms with van der Waals surface area (Å²) in [6, 6.07) is 17.4. The van der Waals surface area contributed by atoms with Crippen molar-refractivity contribution >= 4 is 38.5 Å². The maximum Gasteiger partial charge on any atom is 0.147 e. The standard InChI is InChI=1S/C18H11N3O/c22-11-7-8-12-13-4-3-9-19-17(13)21-16-6-2-1-5-15(16)20-18(21)14(12)10-11/h1-10,22H. The molecule has 4 nitrogen and oxygen atoms in total. The van der Waals surface area contributed by atoms with Crippen LogP contribution in [0.3, 0.4) is 0 Å². The smallest absolute Gasteiger partial charge is 0.147 e. The lowest BCUT2D eigenvalue weighted by Gasteiger charge is -2.08. The third-order valence-corrected chi connectivity index (χ3v) is 4.09. The maximum atomic E-state index is 9.88. The zero-order valence-corrected chi connectivity index (χ0v) is 11.6. The molecule has 5 rings (SSSR count). The molecule has 1 N–H and O–H groups in total. The third kappa shape index (κ3) is 1.36. The van der Waals surface area contributed by atoms with Gasteiger partial charge in [-0.3, -0.25) is 4.40 Å². The Morgan fingerprint density at radius 2 is 1.73 bits per heavy atom. The van der Waals surface area contributed by atoms with E-state index in [4.69, 9.17) is 4.98 Å². The van der Waals surface area contributed by atoms with E-state index in [0.717, 1.165) is 38.5 Å². The van der Waals surface area contributed by atoms with E-state index >= 15 is 0 Å². The second-order valence-electron chi connectivity index (χ2n) is 5.36. The van der Waals surface area contributed by atoms with E-state index in [1.165, 1.54) is 0 Å². The number of hydrogen-bond acceptors (Lipinski definition) is 3. The van der Waals surface area contributed by atoms with Crippen LogP contribution in [-0.4, -0.2) is 19.5 Å². The van der Waals surface area contributed by atoms with Gasteiger partial charge in [-0.15, -0.1) is 0 Å². The van der Waals surface area contributed by atoms with E-state index in [1.54, 1.807) is 18.3 Å². The number of aromatic hydroxyl groups is 1. The Labute approximate surface area is 125 Å². The molecule has 0 aliphatic rings. The number of fused-ring (bicyclic) bond motifs is 8. The van der Waals surface area contributed by atoms with Crippen molar-refractivity contribution in [2.45, 2.75) is 0 Å². The predicted octanol–water partition coefficient (Wildman–Crippen LogP) is 3.89. The summed E-state index contributed by atoms with van der Waals surface area (Å²) >= 11 is 0. The summed E-state index contributed by atoms with van der Waals surface area (Å²) in [4.78, 5) is 9.31. The number of imidazole rings is 1. The molecule has 0 aliphatic carbocycles. The molecule has 2 aromatic carbocycles. The first kappa shape index (κ1) is 11.5. The predicted molar refractivity (Wildman–Crippen MR) is 87.2 cm³/mol. The van der Waals surface area contributed by atoms with E-state index in [0.29, 0.717) is 0 Å². The lowest BCUT2D eigenvalue weighted by molar-refractivity contribution is 0.476. The van der Waals surface area contributed by atoms with Gasteiger partial charge in [-0.05, 0) is 47.9 Å². The SMILES string of the molecule is Oc1ccc2c3cccnc3n3c4ccccc4nc3c2c1. The largest absolute Gasteiger partial charge is 0.508 e. The van der Waals surface area contributed by atoms with Crippen LogP contribution in [0.25, 0.3) is 38.5 Å². The van der Waals surface area contributed by atoms with E-state index in [1.807, 2.05) is 36.4 Å². The molecule has 0 saturated heterocycles. The van der Waals surface area contributed by atoms with Gasteiger partial charge in [-0.1, -0.05) is 12.1 Å². The van der Waals surface area contributed by atoms with E-state index in [-0.39, 0.29) is 5.75 Å². The third-order valence-electron chi connectivity index (χ3n) is 4.09. The lowest BCUT2D eigenvalue weighted by atomic mass is 10.1. The molecule has 0 unspecified atom stereocenters. The van der Waals surface area contributed by atoms with Crippen molar-refractivity contribution in [3.05, 3.63) is 60.8 Å². The average Bonchev–Trinajstić information content (AvgIpc) is 2.95. The highest BCUT2D eigenvalue weighted by Gasteiger charge is 2.14. The van der Waals surface area contributed by atoms with Crippen LogP contribution < -0.4 is 0 Å². The maximum absolute atomic E-state index is 9.88. The topological polar surface area (TPSA) is 50.4 Å². The average molecular weight is 285 g/mol. The summed E-state index contributed by atoms with van der Waals surface area (Å²) in [5.41, 5.74) is 3.64. The van der Waals surface area contributed by atoms with E-state index < -0.39 is 0 Å². The van der Waals surface area contributed by atoms with Crippen molar-refractivity contribution in [1.82, 2.24) is 14.4 Å². The molecule has 3 aromatic heterocycles.